The average molecular weight is 406 g/mol. The van der Waals surface area contributed by atoms with E-state index in [-0.39, 0.29) is 11.7 Å². The number of carbonyl (C=O) groups is 1. The van der Waals surface area contributed by atoms with Crippen LogP contribution >= 0.6 is 15.9 Å². The number of rotatable bonds is 3. The fourth-order valence-electron chi connectivity index (χ4n) is 2.62. The minimum atomic E-state index is -3.26. The minimum absolute atomic E-state index is 0.0966. The highest BCUT2D eigenvalue weighted by Crippen LogP contribution is 2.26. The molecule has 6 heteroatoms. The first-order valence-corrected chi connectivity index (χ1v) is 9.93. The van der Waals surface area contributed by atoms with Gasteiger partial charge in [0.2, 0.25) is 0 Å². The molecule has 4 nitrogen and oxygen atoms in total. The molecule has 1 aliphatic rings. The van der Waals surface area contributed by atoms with Crippen LogP contribution in [0, 0.1) is 6.92 Å². The van der Waals surface area contributed by atoms with E-state index in [0.29, 0.717) is 11.3 Å². The van der Waals surface area contributed by atoms with Crippen molar-refractivity contribution in [2.24, 2.45) is 0 Å². The van der Waals surface area contributed by atoms with Crippen molar-refractivity contribution in [2.75, 3.05) is 10.7 Å². The second-order valence-corrected chi connectivity index (χ2v) is 8.59. The summed E-state index contributed by atoms with van der Waals surface area (Å²) in [4.78, 5) is 14.6. The molecule has 0 radical (unpaired) electrons. The van der Waals surface area contributed by atoms with E-state index in [4.69, 9.17) is 0 Å². The highest BCUT2D eigenvalue weighted by molar-refractivity contribution is 9.10. The average Bonchev–Trinajstić information content (AvgIpc) is 2.90. The Hall–Kier alpha value is -1.92. The van der Waals surface area contributed by atoms with Gasteiger partial charge in [-0.25, -0.2) is 8.42 Å². The van der Waals surface area contributed by atoms with Gasteiger partial charge < -0.3 is 4.90 Å². The van der Waals surface area contributed by atoms with Crippen molar-refractivity contribution >= 4 is 37.4 Å². The third-order valence-electron chi connectivity index (χ3n) is 3.86. The Morgan fingerprint density at radius 3 is 2.25 bits per heavy atom. The van der Waals surface area contributed by atoms with Gasteiger partial charge in [0.05, 0.1) is 11.8 Å². The Kier molecular flexibility index (Phi) is 4.60. The van der Waals surface area contributed by atoms with Gasteiger partial charge in [0.1, 0.15) is 0 Å². The van der Waals surface area contributed by atoms with Gasteiger partial charge in [-0.15, -0.1) is 0 Å². The van der Waals surface area contributed by atoms with Gasteiger partial charge in [0.15, 0.2) is 9.84 Å². The summed E-state index contributed by atoms with van der Waals surface area (Å²) in [6.45, 7) is 1.95. The summed E-state index contributed by atoms with van der Waals surface area (Å²) in [5.41, 5.74) is 2.25. The molecule has 3 rings (SSSR count). The summed E-state index contributed by atoms with van der Waals surface area (Å²) in [5.74, 6) is -0.315. The molecule has 0 unspecified atom stereocenters. The van der Waals surface area contributed by atoms with Gasteiger partial charge >= 0.3 is 0 Å². The van der Waals surface area contributed by atoms with Crippen molar-refractivity contribution in [2.45, 2.75) is 13.0 Å². The van der Waals surface area contributed by atoms with Gasteiger partial charge in [-0.1, -0.05) is 33.6 Å². The lowest BCUT2D eigenvalue weighted by molar-refractivity contribution is 0.0983. The number of amides is 1. The van der Waals surface area contributed by atoms with Crippen LogP contribution in [0.4, 0.5) is 5.69 Å². The van der Waals surface area contributed by atoms with Gasteiger partial charge in [-0.05, 0) is 49.4 Å². The Morgan fingerprint density at radius 1 is 1.08 bits per heavy atom. The van der Waals surface area contributed by atoms with Crippen LogP contribution in [0.2, 0.25) is 0 Å². The largest absolute Gasteiger partial charge is 0.300 e. The maximum atomic E-state index is 13.0. The molecular formula is C18H16BrNO3S. The molecule has 0 fully saturated rings. The first-order valence-electron chi connectivity index (χ1n) is 7.42. The van der Waals surface area contributed by atoms with E-state index in [0.717, 1.165) is 10.0 Å². The number of aryl methyl sites for hydroxylation is 1. The van der Waals surface area contributed by atoms with Crippen molar-refractivity contribution in [3.05, 3.63) is 75.6 Å². The third kappa shape index (κ3) is 3.60. The Labute approximate surface area is 149 Å². The molecule has 2 aromatic rings. The van der Waals surface area contributed by atoms with Gasteiger partial charge in [-0.3, -0.25) is 4.79 Å². The molecule has 2 aromatic carbocycles. The molecule has 24 heavy (non-hydrogen) atoms. The van der Waals surface area contributed by atoms with E-state index >= 15 is 0 Å². The van der Waals surface area contributed by atoms with Crippen LogP contribution in [0.25, 0.3) is 0 Å². The number of hydrogen-bond acceptors (Lipinski definition) is 3. The summed E-state index contributed by atoms with van der Waals surface area (Å²) in [6, 6.07) is 14.0. The van der Waals surface area contributed by atoms with Crippen LogP contribution < -0.4 is 4.90 Å². The molecule has 0 saturated carbocycles. The first kappa shape index (κ1) is 16.9. The van der Waals surface area contributed by atoms with E-state index < -0.39 is 15.9 Å². The fourth-order valence-corrected chi connectivity index (χ4v) is 4.15. The summed E-state index contributed by atoms with van der Waals surface area (Å²) >= 11 is 3.37. The molecule has 0 spiro atoms. The van der Waals surface area contributed by atoms with E-state index in [1.54, 1.807) is 30.3 Å². The normalized spacial score (nSPS) is 18.5. The van der Waals surface area contributed by atoms with Gasteiger partial charge in [0, 0.05) is 21.1 Å². The molecule has 1 heterocycles. The SMILES string of the molecule is Cc1ccc(C(=O)N(c2ccc(Br)cc2)[C@@H]2C=CS(=O)(=O)C2)cc1. The number of sulfone groups is 1. The lowest BCUT2D eigenvalue weighted by atomic mass is 10.1. The molecule has 1 amide bonds. The summed E-state index contributed by atoms with van der Waals surface area (Å²) in [5, 5.41) is 1.19. The van der Waals surface area contributed by atoms with E-state index in [9.17, 15) is 13.2 Å². The number of anilines is 1. The standard InChI is InChI=1S/C18H16BrNO3S/c1-13-2-4-14(5-3-13)18(21)20(16-8-6-15(19)7-9-16)17-10-11-24(22,23)12-17/h2-11,17H,12H2,1H3/t17-/m1/s1. The maximum absolute atomic E-state index is 13.0. The fraction of sp³-hybridized carbons (Fsp3) is 0.167. The van der Waals surface area contributed by atoms with Crippen LogP contribution in [-0.4, -0.2) is 26.1 Å². The van der Waals surface area contributed by atoms with Crippen LogP contribution in [0.5, 0.6) is 0 Å². The zero-order valence-corrected chi connectivity index (χ0v) is 15.4. The summed E-state index contributed by atoms with van der Waals surface area (Å²) in [7, 11) is -3.26. The highest BCUT2D eigenvalue weighted by atomic mass is 79.9. The van der Waals surface area contributed by atoms with Crippen molar-refractivity contribution in [1.29, 1.82) is 0 Å². The lowest BCUT2D eigenvalue weighted by Gasteiger charge is -2.28. The van der Waals surface area contributed by atoms with Gasteiger partial charge in [0.25, 0.3) is 5.91 Å². The zero-order chi connectivity index (χ0) is 17.3. The number of nitrogens with zero attached hydrogens (tertiary/aromatic N) is 1. The molecule has 0 aliphatic carbocycles. The zero-order valence-electron chi connectivity index (χ0n) is 13.0. The smallest absolute Gasteiger partial charge is 0.258 e. The lowest BCUT2D eigenvalue weighted by Crippen LogP contribution is -2.41. The van der Waals surface area contributed by atoms with Crippen LogP contribution in [0.3, 0.4) is 0 Å². The first-order chi connectivity index (χ1) is 11.4. The van der Waals surface area contributed by atoms with Crippen molar-refractivity contribution in [3.63, 3.8) is 0 Å². The Balaban J connectivity index is 2.01. The molecule has 0 aromatic heterocycles. The molecular weight excluding hydrogens is 390 g/mol. The Morgan fingerprint density at radius 2 is 1.71 bits per heavy atom. The van der Waals surface area contributed by atoms with Crippen LogP contribution in [-0.2, 0) is 9.84 Å². The minimum Gasteiger partial charge on any atom is -0.300 e. The molecule has 0 bridgehead atoms. The van der Waals surface area contributed by atoms with Crippen molar-refractivity contribution in [1.82, 2.24) is 0 Å². The predicted octanol–water partition coefficient (Wildman–Crippen LogP) is 3.72. The molecule has 1 aliphatic heterocycles. The number of benzene rings is 2. The van der Waals surface area contributed by atoms with E-state index in [1.807, 2.05) is 31.2 Å². The highest BCUT2D eigenvalue weighted by Gasteiger charge is 2.31. The van der Waals surface area contributed by atoms with E-state index in [2.05, 4.69) is 15.9 Å². The van der Waals surface area contributed by atoms with Crippen molar-refractivity contribution in [3.8, 4) is 0 Å². The monoisotopic (exact) mass is 405 g/mol. The van der Waals surface area contributed by atoms with Crippen LogP contribution in [0.1, 0.15) is 15.9 Å². The predicted molar refractivity (Wildman–Crippen MR) is 98.8 cm³/mol. The number of carbonyl (C=O) groups excluding carboxylic acids is 1. The summed E-state index contributed by atoms with van der Waals surface area (Å²) < 4.78 is 24.5. The Bertz CT molecular complexity index is 887. The number of halogens is 1. The third-order valence-corrected chi connectivity index (χ3v) is 5.77. The number of hydrogen-bond donors (Lipinski definition) is 0. The van der Waals surface area contributed by atoms with Crippen molar-refractivity contribution < 1.29 is 13.2 Å². The second kappa shape index (κ2) is 6.53. The molecule has 0 N–H and O–H groups in total. The topological polar surface area (TPSA) is 54.5 Å². The molecule has 0 saturated heterocycles. The maximum Gasteiger partial charge on any atom is 0.258 e. The quantitative estimate of drug-likeness (QED) is 0.781. The van der Waals surface area contributed by atoms with E-state index in [1.165, 1.54) is 10.3 Å². The second-order valence-electron chi connectivity index (χ2n) is 5.74. The summed E-state index contributed by atoms with van der Waals surface area (Å²) in [6.07, 6.45) is 1.57. The van der Waals surface area contributed by atoms with Gasteiger partial charge in [-0.2, -0.15) is 0 Å². The van der Waals surface area contributed by atoms with Crippen LogP contribution in [0.15, 0.2) is 64.5 Å². The molecule has 1 atom stereocenters. The molecule has 124 valence electrons.